The summed E-state index contributed by atoms with van der Waals surface area (Å²) < 4.78 is 0. The van der Waals surface area contributed by atoms with E-state index in [4.69, 9.17) is 15.0 Å². The van der Waals surface area contributed by atoms with E-state index in [-0.39, 0.29) is 19.5 Å². The Balaban J connectivity index is -0.000000173. The van der Waals surface area contributed by atoms with Gasteiger partial charge in [-0.05, 0) is 13.8 Å². The van der Waals surface area contributed by atoms with Crippen LogP contribution in [0.3, 0.4) is 0 Å². The van der Waals surface area contributed by atoms with Gasteiger partial charge in [0.1, 0.15) is 6.23 Å². The van der Waals surface area contributed by atoms with E-state index >= 15 is 0 Å². The number of hydrogen-bond donors (Lipinski definition) is 1. The number of aliphatic hydroxyl groups excluding tert-OH is 1. The molecule has 0 aliphatic carbocycles. The largest absolute Gasteiger partial charge is 2.00 e. The van der Waals surface area contributed by atoms with E-state index in [1.165, 1.54) is 6.92 Å². The minimum Gasteiger partial charge on any atom is -0.550 e. The first-order chi connectivity index (χ1) is 5.36. The standard InChI is InChI=1S/C4H7NO3.C2H4O2.Zn/c1-3(6)5-2-4(7)8;1-2(3)4;/h2-3,6H,1H3,(H,7,8);1H3,(H,3,4);/q;;+2/p-2. The first-order valence-corrected chi connectivity index (χ1v) is 2.96. The molecule has 0 heterocycles. The Labute approximate surface area is 88.1 Å². The van der Waals surface area contributed by atoms with Crippen LogP contribution in [0.15, 0.2) is 4.99 Å². The molecule has 0 amide bonds. The Hall–Kier alpha value is -0.807. The Morgan fingerprint density at radius 1 is 1.46 bits per heavy atom. The van der Waals surface area contributed by atoms with E-state index in [0.717, 1.165) is 6.92 Å². The first kappa shape index (κ1) is 18.1. The fourth-order valence-corrected chi connectivity index (χ4v) is 0.169. The van der Waals surface area contributed by atoms with Crippen LogP contribution in [-0.4, -0.2) is 29.5 Å². The summed E-state index contributed by atoms with van der Waals surface area (Å²) in [6.45, 7) is 2.32. The predicted molar refractivity (Wildman–Crippen MR) is 35.9 cm³/mol. The quantitative estimate of drug-likeness (QED) is 0.406. The van der Waals surface area contributed by atoms with Gasteiger partial charge in [-0.3, -0.25) is 4.99 Å². The van der Waals surface area contributed by atoms with Gasteiger partial charge in [-0.25, -0.2) is 0 Å². The van der Waals surface area contributed by atoms with E-state index in [9.17, 15) is 9.90 Å². The molecule has 0 bridgehead atoms. The summed E-state index contributed by atoms with van der Waals surface area (Å²) in [6.07, 6.45) is -0.419. The molecule has 1 atom stereocenters. The van der Waals surface area contributed by atoms with Crippen LogP contribution in [-0.2, 0) is 29.1 Å². The molecule has 0 aromatic rings. The van der Waals surface area contributed by atoms with Crippen LogP contribution >= 0.6 is 0 Å². The zero-order chi connectivity index (χ0) is 10.1. The summed E-state index contributed by atoms with van der Waals surface area (Å²) >= 11 is 0. The summed E-state index contributed by atoms with van der Waals surface area (Å²) in [5.74, 6) is -2.48. The molecule has 0 aromatic carbocycles. The van der Waals surface area contributed by atoms with E-state index < -0.39 is 18.2 Å². The van der Waals surface area contributed by atoms with Gasteiger partial charge in [-0.2, -0.15) is 0 Å². The van der Waals surface area contributed by atoms with E-state index in [2.05, 4.69) is 4.99 Å². The fourth-order valence-electron chi connectivity index (χ4n) is 0.169. The number of rotatable bonds is 2. The maximum atomic E-state index is 9.53. The van der Waals surface area contributed by atoms with Crippen LogP contribution in [0.25, 0.3) is 0 Å². The molecule has 7 heteroatoms. The van der Waals surface area contributed by atoms with Gasteiger partial charge in [0.15, 0.2) is 0 Å². The first-order valence-electron chi connectivity index (χ1n) is 2.96. The molecule has 0 saturated heterocycles. The van der Waals surface area contributed by atoms with E-state index in [1.807, 2.05) is 0 Å². The van der Waals surface area contributed by atoms with Crippen molar-refractivity contribution in [1.82, 2.24) is 0 Å². The van der Waals surface area contributed by atoms with Crippen molar-refractivity contribution in [3.8, 4) is 0 Å². The second-order valence-electron chi connectivity index (χ2n) is 1.72. The second kappa shape index (κ2) is 11.2. The van der Waals surface area contributed by atoms with Crippen molar-refractivity contribution in [3.05, 3.63) is 0 Å². The maximum Gasteiger partial charge on any atom is 2.00 e. The average molecular weight is 241 g/mol. The summed E-state index contributed by atoms with van der Waals surface area (Å²) in [6, 6.07) is 0. The maximum absolute atomic E-state index is 9.53. The van der Waals surface area contributed by atoms with Gasteiger partial charge in [-0.1, -0.05) is 0 Å². The van der Waals surface area contributed by atoms with Crippen molar-refractivity contribution in [1.29, 1.82) is 0 Å². The minimum absolute atomic E-state index is 0. The Morgan fingerprint density at radius 3 is 1.85 bits per heavy atom. The van der Waals surface area contributed by atoms with Crippen molar-refractivity contribution in [3.63, 3.8) is 0 Å². The van der Waals surface area contributed by atoms with Gasteiger partial charge in [0, 0.05) is 12.2 Å². The van der Waals surface area contributed by atoms with Gasteiger partial charge >= 0.3 is 19.5 Å². The molecule has 0 radical (unpaired) electrons. The molecule has 0 spiro atoms. The topological polar surface area (TPSA) is 113 Å². The third-order valence-corrected chi connectivity index (χ3v) is 0.396. The summed E-state index contributed by atoms with van der Waals surface area (Å²) in [7, 11) is 0. The fraction of sp³-hybridized carbons (Fsp3) is 0.500. The van der Waals surface area contributed by atoms with Crippen molar-refractivity contribution in [2.45, 2.75) is 20.1 Å². The number of carbonyl (C=O) groups excluding carboxylic acids is 2. The summed E-state index contributed by atoms with van der Waals surface area (Å²) in [4.78, 5) is 21.5. The molecular weight excluding hydrogens is 231 g/mol. The zero-order valence-electron chi connectivity index (χ0n) is 7.39. The molecule has 13 heavy (non-hydrogen) atoms. The molecule has 0 aromatic heterocycles. The Kier molecular flexibility index (Phi) is 15.6. The van der Waals surface area contributed by atoms with Crippen molar-refractivity contribution in [2.75, 3.05) is 0 Å². The Bertz CT molecular complexity index is 176. The average Bonchev–Trinajstić information content (AvgIpc) is 1.82. The van der Waals surface area contributed by atoms with Crippen LogP contribution < -0.4 is 10.2 Å². The molecule has 6 nitrogen and oxygen atoms in total. The normalized spacial score (nSPS) is 10.7. The number of aliphatic imine (C=N–C) groups is 1. The van der Waals surface area contributed by atoms with Gasteiger partial charge in [-0.15, -0.1) is 0 Å². The van der Waals surface area contributed by atoms with E-state index in [0.29, 0.717) is 6.21 Å². The SMILES string of the molecule is CC(=O)[O-].CC(O)N=CC(=O)[O-].[Zn+2]. The molecule has 0 aliphatic rings. The van der Waals surface area contributed by atoms with Crippen LogP contribution in [0, 0.1) is 0 Å². The molecule has 70 valence electrons. The van der Waals surface area contributed by atoms with Gasteiger partial charge in [0.05, 0.1) is 5.97 Å². The number of aliphatic carboxylic acids is 2. The van der Waals surface area contributed by atoms with Crippen LogP contribution in [0.5, 0.6) is 0 Å². The smallest absolute Gasteiger partial charge is 0.550 e. The molecule has 0 saturated carbocycles. The number of carboxylic acids is 2. The molecule has 1 N–H and O–H groups in total. The van der Waals surface area contributed by atoms with Crippen LogP contribution in [0.1, 0.15) is 13.8 Å². The number of aliphatic hydroxyl groups is 1. The molecule has 0 fully saturated rings. The third-order valence-electron chi connectivity index (χ3n) is 0.396. The zero-order valence-corrected chi connectivity index (χ0v) is 10.4. The third kappa shape index (κ3) is 53.8. The number of nitrogens with zero attached hydrogens (tertiary/aromatic N) is 1. The van der Waals surface area contributed by atoms with Gasteiger partial charge in [0.25, 0.3) is 0 Å². The minimum atomic E-state index is -1.40. The molecular formula is C6H9NO5Zn. The number of hydrogen-bond acceptors (Lipinski definition) is 6. The predicted octanol–water partition coefficient (Wildman–Crippen LogP) is -3.10. The molecule has 0 aliphatic heterocycles. The van der Waals surface area contributed by atoms with Gasteiger partial charge in [0.2, 0.25) is 0 Å². The number of carbonyl (C=O) groups is 2. The van der Waals surface area contributed by atoms with Gasteiger partial charge < -0.3 is 24.9 Å². The van der Waals surface area contributed by atoms with Crippen LogP contribution in [0.4, 0.5) is 0 Å². The second-order valence-corrected chi connectivity index (χ2v) is 1.72. The van der Waals surface area contributed by atoms with Crippen molar-refractivity contribution >= 4 is 18.2 Å². The monoisotopic (exact) mass is 239 g/mol. The van der Waals surface area contributed by atoms with Crippen LogP contribution in [0.2, 0.25) is 0 Å². The number of carboxylic acid groups (broad SMARTS) is 2. The Morgan fingerprint density at radius 2 is 1.77 bits per heavy atom. The van der Waals surface area contributed by atoms with Crippen molar-refractivity contribution < 1.29 is 44.4 Å². The molecule has 0 rings (SSSR count). The molecule has 1 unspecified atom stereocenters. The summed E-state index contributed by atoms with van der Waals surface area (Å²) in [5.41, 5.74) is 0. The van der Waals surface area contributed by atoms with Crippen molar-refractivity contribution in [2.24, 2.45) is 4.99 Å². The van der Waals surface area contributed by atoms with E-state index in [1.54, 1.807) is 0 Å². The summed E-state index contributed by atoms with van der Waals surface area (Å²) in [5, 5.41) is 26.7.